The van der Waals surface area contributed by atoms with Crippen LogP contribution >= 0.6 is 0 Å². The van der Waals surface area contributed by atoms with Crippen molar-refractivity contribution in [3.63, 3.8) is 0 Å². The third-order valence-electron chi connectivity index (χ3n) is 11.4. The van der Waals surface area contributed by atoms with Crippen LogP contribution in [0.4, 0.5) is 0 Å². The van der Waals surface area contributed by atoms with Gasteiger partial charge in [0, 0.05) is 26.2 Å². The first-order chi connectivity index (χ1) is 13.6. The molecule has 5 fully saturated rings. The number of fused-ring (bicyclic) bond motifs is 4. The normalized spacial score (nSPS) is 43.7. The first kappa shape index (κ1) is 22.1. The summed E-state index contributed by atoms with van der Waals surface area (Å²) in [6.07, 6.45) is 13.3. The Bertz CT molecular complexity index is 568. The standard InChI is InChI=1S/C17H31N.C10H19N/c1-16(2)15-9-10-17(16,3)13-18(12-15)11-14-7-5-4-6-8-14;1-9(2)8-4-5-10(9,3)7-11-6-8/h14-15H,4-13H2,1-3H3;8,11H,4-7H2,1-3H3/t15?,17-;8?,10-/m00/s1. The maximum atomic E-state index is 3.54. The van der Waals surface area contributed by atoms with E-state index in [1.54, 1.807) is 0 Å². The van der Waals surface area contributed by atoms with Crippen molar-refractivity contribution in [1.82, 2.24) is 10.2 Å². The molecule has 5 aliphatic rings. The summed E-state index contributed by atoms with van der Waals surface area (Å²) >= 11 is 0. The maximum absolute atomic E-state index is 3.54. The molecule has 0 aromatic carbocycles. The predicted octanol–water partition coefficient (Wildman–Crippen LogP) is 6.36. The average molecular weight is 403 g/mol. The molecule has 29 heavy (non-hydrogen) atoms. The highest BCUT2D eigenvalue weighted by Gasteiger charge is 2.55. The number of hydrogen-bond acceptors (Lipinski definition) is 2. The van der Waals surface area contributed by atoms with E-state index < -0.39 is 0 Å². The summed E-state index contributed by atoms with van der Waals surface area (Å²) in [5, 5.41) is 3.54. The molecule has 1 N–H and O–H groups in total. The summed E-state index contributed by atoms with van der Waals surface area (Å²) in [6, 6.07) is 0. The van der Waals surface area contributed by atoms with Gasteiger partial charge in [-0.2, -0.15) is 0 Å². The zero-order valence-electron chi connectivity index (χ0n) is 20.6. The van der Waals surface area contributed by atoms with Crippen molar-refractivity contribution in [3.8, 4) is 0 Å². The van der Waals surface area contributed by atoms with Crippen LogP contribution in [0, 0.1) is 39.4 Å². The number of likely N-dealkylation sites (tertiary alicyclic amines) is 1. The Morgan fingerprint density at radius 3 is 2.00 bits per heavy atom. The quantitative estimate of drug-likeness (QED) is 0.578. The lowest BCUT2D eigenvalue weighted by Crippen LogP contribution is -2.53. The van der Waals surface area contributed by atoms with Crippen LogP contribution in [0.3, 0.4) is 0 Å². The van der Waals surface area contributed by atoms with Crippen molar-refractivity contribution in [3.05, 3.63) is 0 Å². The van der Waals surface area contributed by atoms with E-state index >= 15 is 0 Å². The Kier molecular flexibility index (Phi) is 5.95. The second-order valence-corrected chi connectivity index (χ2v) is 13.4. The van der Waals surface area contributed by atoms with Crippen molar-refractivity contribution in [2.45, 2.75) is 99.3 Å². The first-order valence-corrected chi connectivity index (χ1v) is 13.0. The molecule has 4 bridgehead atoms. The van der Waals surface area contributed by atoms with Gasteiger partial charge in [0.15, 0.2) is 0 Å². The van der Waals surface area contributed by atoms with Gasteiger partial charge in [-0.1, -0.05) is 60.8 Å². The van der Waals surface area contributed by atoms with Crippen molar-refractivity contribution in [2.75, 3.05) is 32.7 Å². The molecule has 4 atom stereocenters. The lowest BCUT2D eigenvalue weighted by atomic mass is 9.63. The molecule has 168 valence electrons. The molecule has 5 rings (SSSR count). The summed E-state index contributed by atoms with van der Waals surface area (Å²) in [7, 11) is 0. The van der Waals surface area contributed by atoms with E-state index in [1.807, 2.05) is 0 Å². The molecule has 2 saturated heterocycles. The smallest absolute Gasteiger partial charge is 0.00408 e. The summed E-state index contributed by atoms with van der Waals surface area (Å²) in [4.78, 5) is 2.83. The number of piperidine rings is 2. The molecular formula is C27H50N2. The monoisotopic (exact) mass is 402 g/mol. The molecule has 0 aromatic rings. The fourth-order valence-electron chi connectivity index (χ4n) is 7.88. The summed E-state index contributed by atoms with van der Waals surface area (Å²) in [5.41, 5.74) is 2.33. The highest BCUT2D eigenvalue weighted by atomic mass is 15.2. The van der Waals surface area contributed by atoms with Gasteiger partial charge in [-0.25, -0.2) is 0 Å². The molecule has 0 spiro atoms. The predicted molar refractivity (Wildman–Crippen MR) is 125 cm³/mol. The first-order valence-electron chi connectivity index (χ1n) is 13.0. The zero-order chi connectivity index (χ0) is 20.9. The molecule has 2 heterocycles. The lowest BCUT2D eigenvalue weighted by Gasteiger charge is -2.51. The summed E-state index contributed by atoms with van der Waals surface area (Å²) in [5.74, 6) is 2.91. The fraction of sp³-hybridized carbons (Fsp3) is 1.00. The van der Waals surface area contributed by atoms with E-state index in [0.717, 1.165) is 17.8 Å². The SMILES string of the molecule is CC1(C)C2CC[C@@]1(C)CN(CC1CCCCC1)C2.CC1(C)C2CC[C@@]1(C)CNC2. The molecule has 0 aromatic heterocycles. The van der Waals surface area contributed by atoms with Crippen molar-refractivity contribution < 1.29 is 0 Å². The minimum atomic E-state index is 0.579. The molecule has 2 heteroatoms. The van der Waals surface area contributed by atoms with Gasteiger partial charge < -0.3 is 10.2 Å². The number of hydrogen-bond donors (Lipinski definition) is 1. The van der Waals surface area contributed by atoms with Crippen LogP contribution < -0.4 is 5.32 Å². The highest BCUT2D eigenvalue weighted by molar-refractivity contribution is 5.06. The zero-order valence-corrected chi connectivity index (χ0v) is 20.6. The third kappa shape index (κ3) is 3.84. The van der Waals surface area contributed by atoms with Crippen LogP contribution in [0.1, 0.15) is 99.3 Å². The Labute approximate surface area is 182 Å². The molecule has 2 aliphatic heterocycles. The Morgan fingerprint density at radius 1 is 0.759 bits per heavy atom. The van der Waals surface area contributed by atoms with E-state index in [0.29, 0.717) is 21.7 Å². The molecule has 3 saturated carbocycles. The van der Waals surface area contributed by atoms with Crippen molar-refractivity contribution in [1.29, 1.82) is 0 Å². The number of nitrogens with one attached hydrogen (secondary N) is 1. The van der Waals surface area contributed by atoms with E-state index in [1.165, 1.54) is 90.5 Å². The van der Waals surface area contributed by atoms with Crippen LogP contribution in [0.2, 0.25) is 0 Å². The van der Waals surface area contributed by atoms with Gasteiger partial charge in [-0.3, -0.25) is 0 Å². The van der Waals surface area contributed by atoms with E-state index in [9.17, 15) is 0 Å². The minimum Gasteiger partial charge on any atom is -0.316 e. The Morgan fingerprint density at radius 2 is 1.38 bits per heavy atom. The van der Waals surface area contributed by atoms with Crippen molar-refractivity contribution >= 4 is 0 Å². The molecule has 2 unspecified atom stereocenters. The second kappa shape index (κ2) is 7.80. The largest absolute Gasteiger partial charge is 0.316 e. The highest BCUT2D eigenvalue weighted by Crippen LogP contribution is 2.59. The topological polar surface area (TPSA) is 15.3 Å². The van der Waals surface area contributed by atoms with E-state index in [-0.39, 0.29) is 0 Å². The molecular weight excluding hydrogens is 352 g/mol. The van der Waals surface area contributed by atoms with Gasteiger partial charge in [-0.15, -0.1) is 0 Å². The van der Waals surface area contributed by atoms with Gasteiger partial charge in [0.05, 0.1) is 0 Å². The molecule has 2 nitrogen and oxygen atoms in total. The average Bonchev–Trinajstić information content (AvgIpc) is 2.89. The second-order valence-electron chi connectivity index (χ2n) is 13.4. The maximum Gasteiger partial charge on any atom is 0.00408 e. The van der Waals surface area contributed by atoms with Crippen molar-refractivity contribution in [2.24, 2.45) is 39.4 Å². The summed E-state index contributed by atoms with van der Waals surface area (Å²) in [6.45, 7) is 21.6. The van der Waals surface area contributed by atoms with Gasteiger partial charge in [0.1, 0.15) is 0 Å². The summed E-state index contributed by atoms with van der Waals surface area (Å²) < 4.78 is 0. The van der Waals surface area contributed by atoms with Crippen LogP contribution in [-0.4, -0.2) is 37.6 Å². The van der Waals surface area contributed by atoms with E-state index in [4.69, 9.17) is 0 Å². The van der Waals surface area contributed by atoms with Gasteiger partial charge in [-0.05, 0) is 84.5 Å². The van der Waals surface area contributed by atoms with Crippen LogP contribution in [0.15, 0.2) is 0 Å². The Balaban J connectivity index is 0.000000159. The van der Waals surface area contributed by atoms with E-state index in [2.05, 4.69) is 51.8 Å². The van der Waals surface area contributed by atoms with Gasteiger partial charge in [0.25, 0.3) is 0 Å². The lowest BCUT2D eigenvalue weighted by molar-refractivity contribution is -0.0250. The van der Waals surface area contributed by atoms with Gasteiger partial charge in [0.2, 0.25) is 0 Å². The van der Waals surface area contributed by atoms with Gasteiger partial charge >= 0.3 is 0 Å². The Hall–Kier alpha value is -0.0800. The fourth-order valence-corrected chi connectivity index (χ4v) is 7.88. The van der Waals surface area contributed by atoms with Crippen LogP contribution in [0.25, 0.3) is 0 Å². The number of rotatable bonds is 2. The molecule has 0 radical (unpaired) electrons. The third-order valence-corrected chi connectivity index (χ3v) is 11.4. The minimum absolute atomic E-state index is 0.579. The molecule has 3 aliphatic carbocycles. The van der Waals surface area contributed by atoms with Crippen LogP contribution in [0.5, 0.6) is 0 Å². The van der Waals surface area contributed by atoms with Crippen LogP contribution in [-0.2, 0) is 0 Å². The molecule has 0 amide bonds. The number of nitrogens with zero attached hydrogens (tertiary/aromatic N) is 1.